The maximum absolute atomic E-state index is 13.1. The number of anilines is 2. The molecule has 1 N–H and O–H groups in total. The Morgan fingerprint density at radius 3 is 2.61 bits per heavy atom. The van der Waals surface area contributed by atoms with Gasteiger partial charge in [0.15, 0.2) is 6.10 Å². The van der Waals surface area contributed by atoms with E-state index in [-0.39, 0.29) is 29.6 Å². The van der Waals surface area contributed by atoms with Crippen molar-refractivity contribution < 1.29 is 27.4 Å². The normalized spacial score (nSPS) is 22.5. The maximum Gasteiger partial charge on any atom is 0.425 e. The first kappa shape index (κ1) is 22.0. The molecule has 3 aromatic rings. The number of halogens is 3. The number of nitrogens with one attached hydrogen (secondary N) is 1. The summed E-state index contributed by atoms with van der Waals surface area (Å²) >= 11 is 0. The zero-order valence-corrected chi connectivity index (χ0v) is 18.5. The van der Waals surface area contributed by atoms with Crippen molar-refractivity contribution >= 4 is 22.7 Å². The van der Waals surface area contributed by atoms with Gasteiger partial charge in [0.2, 0.25) is 5.95 Å². The van der Waals surface area contributed by atoms with Crippen molar-refractivity contribution in [2.75, 3.05) is 31.7 Å². The summed E-state index contributed by atoms with van der Waals surface area (Å²) in [5.41, 5.74) is 2.03. The second kappa shape index (κ2) is 8.17. The highest BCUT2D eigenvalue weighted by Crippen LogP contribution is 2.34. The number of aromatic nitrogens is 5. The molecular formula is C21H25F3N6O3. The van der Waals surface area contributed by atoms with Gasteiger partial charge in [-0.15, -0.1) is 5.10 Å². The summed E-state index contributed by atoms with van der Waals surface area (Å²) in [4.78, 5) is 9.03. The van der Waals surface area contributed by atoms with Gasteiger partial charge in [0.1, 0.15) is 11.3 Å². The molecule has 178 valence electrons. The van der Waals surface area contributed by atoms with Gasteiger partial charge < -0.3 is 24.1 Å². The lowest BCUT2D eigenvalue weighted by atomic mass is 10.1. The largest absolute Gasteiger partial charge is 0.462 e. The zero-order chi connectivity index (χ0) is 23.3. The quantitative estimate of drug-likeness (QED) is 0.591. The molecule has 9 nitrogen and oxygen atoms in total. The molecule has 3 atom stereocenters. The van der Waals surface area contributed by atoms with E-state index in [0.29, 0.717) is 32.3 Å². The summed E-state index contributed by atoms with van der Waals surface area (Å²) in [7, 11) is 0. The van der Waals surface area contributed by atoms with E-state index < -0.39 is 12.3 Å². The first-order valence-corrected chi connectivity index (χ1v) is 10.8. The van der Waals surface area contributed by atoms with E-state index in [0.717, 1.165) is 23.7 Å². The molecule has 0 unspecified atom stereocenters. The van der Waals surface area contributed by atoms with Gasteiger partial charge in [0.25, 0.3) is 5.88 Å². The summed E-state index contributed by atoms with van der Waals surface area (Å²) in [6.07, 6.45) is -3.26. The maximum atomic E-state index is 13.1. The van der Waals surface area contributed by atoms with Crippen LogP contribution in [0.15, 0.2) is 18.5 Å². The number of hydrogen-bond acceptors (Lipinski definition) is 7. The van der Waals surface area contributed by atoms with Crippen molar-refractivity contribution in [2.24, 2.45) is 5.92 Å². The molecule has 2 aliphatic heterocycles. The van der Waals surface area contributed by atoms with Gasteiger partial charge in [-0.2, -0.15) is 18.2 Å². The number of fused-ring (bicyclic) bond motifs is 1. The Kier molecular flexibility index (Phi) is 5.44. The third-order valence-corrected chi connectivity index (χ3v) is 6.11. The average molecular weight is 466 g/mol. The average Bonchev–Trinajstić information content (AvgIpc) is 3.37. The molecule has 33 heavy (non-hydrogen) atoms. The first-order chi connectivity index (χ1) is 15.7. The van der Waals surface area contributed by atoms with Gasteiger partial charge in [-0.05, 0) is 19.9 Å². The molecule has 2 fully saturated rings. The fraction of sp³-hybridized carbons (Fsp3) is 0.571. The minimum absolute atomic E-state index is 0.0590. The van der Waals surface area contributed by atoms with Gasteiger partial charge >= 0.3 is 6.18 Å². The van der Waals surface area contributed by atoms with Gasteiger partial charge in [-0.1, -0.05) is 6.92 Å². The standard InChI is InChI=1S/C21H25F3N6O3/c1-11-7-31-10-17(11)30-12(2)4-14-5-25-20(27-18(14)30)26-16-6-29(15-8-32-9-15)28-19(16)33-13(3)21(22,23)24/h4-6,11,13,15,17H,7-10H2,1-3H3,(H,25,26,27)/t11-,13+,17-/m0/s1. The molecule has 0 amide bonds. The molecule has 3 aromatic heterocycles. The van der Waals surface area contributed by atoms with Crippen molar-refractivity contribution in [1.82, 2.24) is 24.3 Å². The molecule has 0 spiro atoms. The lowest BCUT2D eigenvalue weighted by Crippen LogP contribution is -2.32. The molecule has 0 bridgehead atoms. The van der Waals surface area contributed by atoms with Crippen molar-refractivity contribution in [3.63, 3.8) is 0 Å². The van der Waals surface area contributed by atoms with Crippen molar-refractivity contribution in [2.45, 2.75) is 45.1 Å². The number of alkyl halides is 3. The van der Waals surface area contributed by atoms with E-state index in [9.17, 15) is 13.2 Å². The number of rotatable bonds is 6. The summed E-state index contributed by atoms with van der Waals surface area (Å²) < 4.78 is 58.9. The lowest BCUT2D eigenvalue weighted by Gasteiger charge is -2.25. The van der Waals surface area contributed by atoms with Gasteiger partial charge in [-0.3, -0.25) is 4.68 Å². The van der Waals surface area contributed by atoms with E-state index >= 15 is 0 Å². The smallest absolute Gasteiger partial charge is 0.425 e. The second-order valence-electron chi connectivity index (χ2n) is 8.66. The van der Waals surface area contributed by atoms with E-state index in [1.54, 1.807) is 17.1 Å². The minimum Gasteiger partial charge on any atom is -0.462 e. The third-order valence-electron chi connectivity index (χ3n) is 6.11. The second-order valence-corrected chi connectivity index (χ2v) is 8.66. The molecule has 5 rings (SSSR count). The predicted octanol–water partition coefficient (Wildman–Crippen LogP) is 3.79. The first-order valence-electron chi connectivity index (χ1n) is 10.8. The molecule has 0 aliphatic carbocycles. The Morgan fingerprint density at radius 1 is 1.21 bits per heavy atom. The highest BCUT2D eigenvalue weighted by atomic mass is 19.4. The Hall–Kier alpha value is -2.86. The fourth-order valence-electron chi connectivity index (χ4n) is 4.06. The Labute approximate surface area is 187 Å². The van der Waals surface area contributed by atoms with E-state index in [2.05, 4.69) is 31.9 Å². The highest BCUT2D eigenvalue weighted by Gasteiger charge is 2.39. The van der Waals surface area contributed by atoms with Crippen LogP contribution in [-0.2, 0) is 9.47 Å². The topological polar surface area (TPSA) is 88.3 Å². The van der Waals surface area contributed by atoms with Crippen LogP contribution >= 0.6 is 0 Å². The molecule has 2 aliphatic rings. The van der Waals surface area contributed by atoms with Crippen molar-refractivity contribution in [3.8, 4) is 5.88 Å². The van der Waals surface area contributed by atoms with Crippen molar-refractivity contribution in [3.05, 3.63) is 24.2 Å². The van der Waals surface area contributed by atoms with Crippen molar-refractivity contribution in [1.29, 1.82) is 0 Å². The molecule has 0 saturated carbocycles. The number of aryl methyl sites for hydroxylation is 1. The molecule has 12 heteroatoms. The van der Waals surface area contributed by atoms with E-state index in [4.69, 9.17) is 14.2 Å². The Balaban J connectivity index is 1.48. The third kappa shape index (κ3) is 4.12. The van der Waals surface area contributed by atoms with E-state index in [1.165, 1.54) is 0 Å². The molecule has 0 aromatic carbocycles. The Bertz CT molecular complexity index is 1160. The van der Waals surface area contributed by atoms with Crippen LogP contribution in [0.2, 0.25) is 0 Å². The van der Waals surface area contributed by atoms with Crippen LogP contribution in [0.3, 0.4) is 0 Å². The Morgan fingerprint density at radius 2 is 1.97 bits per heavy atom. The van der Waals surface area contributed by atoms with Gasteiger partial charge in [0, 0.05) is 23.2 Å². The monoisotopic (exact) mass is 466 g/mol. The zero-order valence-electron chi connectivity index (χ0n) is 18.5. The summed E-state index contributed by atoms with van der Waals surface area (Å²) in [5, 5.41) is 8.09. The molecule has 5 heterocycles. The van der Waals surface area contributed by atoms with Crippen LogP contribution in [0.1, 0.15) is 31.6 Å². The van der Waals surface area contributed by atoms with Crippen LogP contribution in [0, 0.1) is 12.8 Å². The predicted molar refractivity (Wildman–Crippen MR) is 113 cm³/mol. The fourth-order valence-corrected chi connectivity index (χ4v) is 4.06. The SMILES string of the molecule is Cc1cc2cnc(Nc3cn(C4COC4)nc3O[C@H](C)C(F)(F)F)nc2n1[C@H]1COC[C@@H]1C. The highest BCUT2D eigenvalue weighted by molar-refractivity contribution is 5.78. The lowest BCUT2D eigenvalue weighted by molar-refractivity contribution is -0.189. The number of hydrogen-bond donors (Lipinski definition) is 1. The number of ether oxygens (including phenoxy) is 3. The minimum atomic E-state index is -4.52. The van der Waals surface area contributed by atoms with Crippen LogP contribution < -0.4 is 10.1 Å². The summed E-state index contributed by atoms with van der Waals surface area (Å²) in [5.74, 6) is 0.402. The van der Waals surface area contributed by atoms with Crippen LogP contribution in [0.5, 0.6) is 5.88 Å². The van der Waals surface area contributed by atoms with Crippen LogP contribution in [0.25, 0.3) is 11.0 Å². The van der Waals surface area contributed by atoms with Crippen LogP contribution in [-0.4, -0.2) is 63.0 Å². The van der Waals surface area contributed by atoms with Gasteiger partial charge in [0.05, 0.1) is 44.7 Å². The molecule has 2 saturated heterocycles. The molecular weight excluding hydrogens is 441 g/mol. The number of nitrogens with zero attached hydrogens (tertiary/aromatic N) is 5. The van der Waals surface area contributed by atoms with Crippen LogP contribution in [0.4, 0.5) is 24.8 Å². The molecule has 0 radical (unpaired) electrons. The summed E-state index contributed by atoms with van der Waals surface area (Å²) in [6.45, 7) is 7.24. The van der Waals surface area contributed by atoms with Gasteiger partial charge in [-0.25, -0.2) is 4.98 Å². The van der Waals surface area contributed by atoms with E-state index in [1.807, 2.05) is 13.0 Å². The summed E-state index contributed by atoms with van der Waals surface area (Å²) in [6, 6.07) is 2.10.